The van der Waals surface area contributed by atoms with Gasteiger partial charge in [-0.2, -0.15) is 0 Å². The Balaban J connectivity index is 1.48. The zero-order valence-electron chi connectivity index (χ0n) is 19.5. The minimum atomic E-state index is -0.296. The summed E-state index contributed by atoms with van der Waals surface area (Å²) in [6.45, 7) is 4.03. The molecule has 0 unspecified atom stereocenters. The Morgan fingerprint density at radius 1 is 0.743 bits per heavy atom. The third-order valence-electron chi connectivity index (χ3n) is 6.03. The molecular formula is C30H24N2O3. The van der Waals surface area contributed by atoms with Crippen LogP contribution in [0.15, 0.2) is 108 Å². The van der Waals surface area contributed by atoms with Crippen LogP contribution in [0.25, 0.3) is 16.5 Å². The topological polar surface area (TPSA) is 60.3 Å². The summed E-state index contributed by atoms with van der Waals surface area (Å²) in [5.74, 6) is 1.11. The summed E-state index contributed by atoms with van der Waals surface area (Å²) in [6.07, 6.45) is 1.62. The molecule has 0 aliphatic rings. The van der Waals surface area contributed by atoms with E-state index >= 15 is 0 Å². The summed E-state index contributed by atoms with van der Waals surface area (Å²) in [6, 6.07) is 29.7. The van der Waals surface area contributed by atoms with Crippen molar-refractivity contribution < 1.29 is 9.53 Å². The number of carbonyl (C=O) groups is 1. The van der Waals surface area contributed by atoms with E-state index in [0.717, 1.165) is 22.6 Å². The molecule has 5 rings (SSSR count). The van der Waals surface area contributed by atoms with Crippen LogP contribution >= 0.6 is 0 Å². The zero-order chi connectivity index (χ0) is 24.4. The lowest BCUT2D eigenvalue weighted by atomic mass is 10.1. The largest absolute Gasteiger partial charge is 0.457 e. The van der Waals surface area contributed by atoms with Gasteiger partial charge in [-0.05, 0) is 79.6 Å². The van der Waals surface area contributed by atoms with Gasteiger partial charge in [-0.25, -0.2) is 0 Å². The summed E-state index contributed by atoms with van der Waals surface area (Å²) in [5, 5.41) is 4.05. The number of hydrogen-bond donors (Lipinski definition) is 1. The number of anilines is 1. The molecular weight excluding hydrogens is 436 g/mol. The molecule has 1 amide bonds. The average Bonchev–Trinajstić information content (AvgIpc) is 2.88. The number of benzene rings is 4. The maximum atomic E-state index is 13.4. The van der Waals surface area contributed by atoms with Crippen LogP contribution in [0.4, 0.5) is 5.69 Å². The quantitative estimate of drug-likeness (QED) is 0.319. The Morgan fingerprint density at radius 3 is 2.11 bits per heavy atom. The molecule has 0 saturated carbocycles. The van der Waals surface area contributed by atoms with Gasteiger partial charge in [0.1, 0.15) is 11.5 Å². The molecule has 0 aliphatic heterocycles. The fourth-order valence-electron chi connectivity index (χ4n) is 3.97. The summed E-state index contributed by atoms with van der Waals surface area (Å²) >= 11 is 0. The van der Waals surface area contributed by atoms with E-state index in [1.165, 1.54) is 0 Å². The van der Waals surface area contributed by atoms with E-state index < -0.39 is 0 Å². The van der Waals surface area contributed by atoms with Gasteiger partial charge in [0.05, 0.1) is 5.56 Å². The van der Waals surface area contributed by atoms with Crippen molar-refractivity contribution in [3.8, 4) is 17.2 Å². The first-order valence-electron chi connectivity index (χ1n) is 11.4. The fourth-order valence-corrected chi connectivity index (χ4v) is 3.97. The van der Waals surface area contributed by atoms with E-state index in [1.54, 1.807) is 47.2 Å². The molecule has 1 heterocycles. The second-order valence-corrected chi connectivity index (χ2v) is 8.43. The van der Waals surface area contributed by atoms with Crippen LogP contribution in [0.2, 0.25) is 0 Å². The second-order valence-electron chi connectivity index (χ2n) is 8.43. The molecule has 0 radical (unpaired) electrons. The Kier molecular flexibility index (Phi) is 5.90. The summed E-state index contributed by atoms with van der Waals surface area (Å²) in [4.78, 5) is 26.6. The summed E-state index contributed by atoms with van der Waals surface area (Å²) < 4.78 is 7.37. The van der Waals surface area contributed by atoms with Crippen LogP contribution < -0.4 is 15.6 Å². The van der Waals surface area contributed by atoms with Crippen molar-refractivity contribution in [2.24, 2.45) is 0 Å². The molecule has 0 fully saturated rings. The molecule has 5 aromatic rings. The van der Waals surface area contributed by atoms with E-state index in [2.05, 4.69) is 5.32 Å². The molecule has 35 heavy (non-hydrogen) atoms. The SMILES string of the molecule is Cc1ccc(-n2cc(C(=O)Nc3ccc(Oc4ccccc4)cc3)c3ccccc3c2=O)cc1C. The Hall–Kier alpha value is -4.64. The van der Waals surface area contributed by atoms with Crippen LogP contribution in [0.5, 0.6) is 11.5 Å². The Labute approximate surface area is 203 Å². The van der Waals surface area contributed by atoms with Gasteiger partial charge in [-0.15, -0.1) is 0 Å². The number of amides is 1. The van der Waals surface area contributed by atoms with Crippen LogP contribution in [-0.2, 0) is 0 Å². The molecule has 5 heteroatoms. The van der Waals surface area contributed by atoms with Crippen LogP contribution in [0.1, 0.15) is 21.5 Å². The molecule has 4 aromatic carbocycles. The number of para-hydroxylation sites is 1. The normalized spacial score (nSPS) is 10.8. The first kappa shape index (κ1) is 22.2. The van der Waals surface area contributed by atoms with E-state index in [9.17, 15) is 9.59 Å². The Morgan fingerprint density at radius 2 is 1.40 bits per heavy atom. The van der Waals surface area contributed by atoms with Crippen molar-refractivity contribution in [3.05, 3.63) is 130 Å². The highest BCUT2D eigenvalue weighted by Gasteiger charge is 2.16. The van der Waals surface area contributed by atoms with Gasteiger partial charge in [0.25, 0.3) is 11.5 Å². The van der Waals surface area contributed by atoms with Crippen molar-refractivity contribution in [1.29, 1.82) is 0 Å². The molecule has 5 nitrogen and oxygen atoms in total. The maximum Gasteiger partial charge on any atom is 0.262 e. The van der Waals surface area contributed by atoms with Crippen molar-refractivity contribution in [2.75, 3.05) is 5.32 Å². The van der Waals surface area contributed by atoms with Gasteiger partial charge in [0.2, 0.25) is 0 Å². The van der Waals surface area contributed by atoms with Crippen molar-refractivity contribution >= 4 is 22.4 Å². The predicted molar refractivity (Wildman–Crippen MR) is 140 cm³/mol. The highest BCUT2D eigenvalue weighted by atomic mass is 16.5. The number of pyridine rings is 1. The van der Waals surface area contributed by atoms with E-state index in [1.807, 2.05) is 74.5 Å². The van der Waals surface area contributed by atoms with Gasteiger partial charge in [0, 0.05) is 28.3 Å². The Bertz CT molecular complexity index is 1590. The van der Waals surface area contributed by atoms with Crippen LogP contribution in [0, 0.1) is 13.8 Å². The molecule has 0 bridgehead atoms. The van der Waals surface area contributed by atoms with E-state index in [0.29, 0.717) is 27.8 Å². The van der Waals surface area contributed by atoms with E-state index in [-0.39, 0.29) is 11.5 Å². The number of aromatic nitrogens is 1. The number of rotatable bonds is 5. The number of aryl methyl sites for hydroxylation is 2. The van der Waals surface area contributed by atoms with Gasteiger partial charge in [-0.1, -0.05) is 42.5 Å². The summed E-state index contributed by atoms with van der Waals surface area (Å²) in [5.41, 5.74) is 3.82. The monoisotopic (exact) mass is 460 g/mol. The number of hydrogen-bond acceptors (Lipinski definition) is 3. The number of fused-ring (bicyclic) bond motifs is 1. The number of carbonyl (C=O) groups excluding carboxylic acids is 1. The highest BCUT2D eigenvalue weighted by molar-refractivity contribution is 6.12. The van der Waals surface area contributed by atoms with Gasteiger partial charge >= 0.3 is 0 Å². The third-order valence-corrected chi connectivity index (χ3v) is 6.03. The molecule has 0 aliphatic carbocycles. The fraction of sp³-hybridized carbons (Fsp3) is 0.0667. The van der Waals surface area contributed by atoms with Crippen molar-refractivity contribution in [1.82, 2.24) is 4.57 Å². The molecule has 0 spiro atoms. The summed E-state index contributed by atoms with van der Waals surface area (Å²) in [7, 11) is 0. The maximum absolute atomic E-state index is 13.4. The van der Waals surface area contributed by atoms with Gasteiger partial charge < -0.3 is 10.1 Å². The number of nitrogens with one attached hydrogen (secondary N) is 1. The molecule has 0 saturated heterocycles. The molecule has 1 aromatic heterocycles. The molecule has 172 valence electrons. The van der Waals surface area contributed by atoms with Gasteiger partial charge in [-0.3, -0.25) is 14.2 Å². The number of nitrogens with zero attached hydrogens (tertiary/aromatic N) is 1. The average molecular weight is 461 g/mol. The first-order chi connectivity index (χ1) is 17.0. The molecule has 0 atom stereocenters. The van der Waals surface area contributed by atoms with Crippen LogP contribution in [-0.4, -0.2) is 10.5 Å². The molecule has 1 N–H and O–H groups in total. The smallest absolute Gasteiger partial charge is 0.262 e. The standard InChI is InChI=1S/C30H24N2O3/c1-20-12-15-23(18-21(20)2)32-19-28(26-10-6-7-11-27(26)30(32)34)29(33)31-22-13-16-25(17-14-22)35-24-8-4-3-5-9-24/h3-19H,1-2H3,(H,31,33). The first-order valence-corrected chi connectivity index (χ1v) is 11.4. The lowest BCUT2D eigenvalue weighted by molar-refractivity contribution is 0.102. The zero-order valence-corrected chi connectivity index (χ0v) is 19.5. The lowest BCUT2D eigenvalue weighted by Crippen LogP contribution is -2.22. The lowest BCUT2D eigenvalue weighted by Gasteiger charge is -2.14. The van der Waals surface area contributed by atoms with E-state index in [4.69, 9.17) is 4.74 Å². The van der Waals surface area contributed by atoms with Crippen LogP contribution in [0.3, 0.4) is 0 Å². The minimum Gasteiger partial charge on any atom is -0.457 e. The highest BCUT2D eigenvalue weighted by Crippen LogP contribution is 2.24. The predicted octanol–water partition coefficient (Wildman–Crippen LogP) is 6.65. The van der Waals surface area contributed by atoms with Crippen molar-refractivity contribution in [3.63, 3.8) is 0 Å². The van der Waals surface area contributed by atoms with Gasteiger partial charge in [0.15, 0.2) is 0 Å². The minimum absolute atomic E-state index is 0.164. The third kappa shape index (κ3) is 4.57. The second kappa shape index (κ2) is 9.31. The van der Waals surface area contributed by atoms with Crippen molar-refractivity contribution in [2.45, 2.75) is 13.8 Å². The number of ether oxygens (including phenoxy) is 1.